The third-order valence-corrected chi connectivity index (χ3v) is 14.0. The molecule has 314 valence electrons. The quantitative estimate of drug-likeness (QED) is 0.0669. The first-order valence-electron chi connectivity index (χ1n) is 21.2. The molecule has 1 unspecified atom stereocenters. The normalized spacial score (nSPS) is 33.0. The Kier molecular flexibility index (Phi) is 18.4. The summed E-state index contributed by atoms with van der Waals surface area (Å²) >= 11 is 0. The summed E-state index contributed by atoms with van der Waals surface area (Å²) < 4.78 is 18.0. The number of carboxylic acid groups (broad SMARTS) is 1. The van der Waals surface area contributed by atoms with Crippen LogP contribution in [0.5, 0.6) is 0 Å². The number of hydrogen-bond acceptors (Lipinski definition) is 10. The van der Waals surface area contributed by atoms with Crippen LogP contribution in [0.25, 0.3) is 0 Å². The first kappa shape index (κ1) is 46.6. The fourth-order valence-electron chi connectivity index (χ4n) is 11.2. The van der Waals surface area contributed by atoms with E-state index in [1.54, 1.807) is 0 Å². The summed E-state index contributed by atoms with van der Waals surface area (Å²) in [4.78, 5) is 47.8. The second kappa shape index (κ2) is 21.7. The second-order valence-corrected chi connectivity index (χ2v) is 17.9. The molecule has 55 heavy (non-hydrogen) atoms. The lowest BCUT2D eigenvalue weighted by molar-refractivity contribution is -0.208. The van der Waals surface area contributed by atoms with Gasteiger partial charge >= 0.3 is 23.9 Å². The Labute approximate surface area is 331 Å². The zero-order chi connectivity index (χ0) is 40.9. The molecular formula is C44H75N3O8. The molecule has 0 aromatic heterocycles. The first-order chi connectivity index (χ1) is 26.0. The minimum absolute atomic E-state index is 0.0381. The Morgan fingerprint density at radius 1 is 0.800 bits per heavy atom. The van der Waals surface area contributed by atoms with E-state index in [9.17, 15) is 19.2 Å². The summed E-state index contributed by atoms with van der Waals surface area (Å²) in [5, 5.41) is 7.83. The summed E-state index contributed by atoms with van der Waals surface area (Å²) in [6.45, 7) is 17.1. The minimum Gasteiger partial charge on any atom is -0.481 e. The van der Waals surface area contributed by atoms with Gasteiger partial charge in [-0.05, 0) is 138 Å². The van der Waals surface area contributed by atoms with Crippen molar-refractivity contribution in [3.05, 3.63) is 23.3 Å². The van der Waals surface area contributed by atoms with Crippen molar-refractivity contribution in [1.29, 1.82) is 0 Å². The highest BCUT2D eigenvalue weighted by atomic mass is 16.5. The van der Waals surface area contributed by atoms with Gasteiger partial charge in [-0.3, -0.25) is 19.2 Å². The van der Waals surface area contributed by atoms with Gasteiger partial charge in [0.05, 0.1) is 19.3 Å². The molecule has 4 fully saturated rings. The van der Waals surface area contributed by atoms with Gasteiger partial charge < -0.3 is 36.5 Å². The van der Waals surface area contributed by atoms with E-state index >= 15 is 0 Å². The number of rotatable bonds is 17. The van der Waals surface area contributed by atoms with Crippen LogP contribution in [0.3, 0.4) is 0 Å². The number of ether oxygens (including phenoxy) is 3. The van der Waals surface area contributed by atoms with Crippen LogP contribution in [0, 0.1) is 52.3 Å². The van der Waals surface area contributed by atoms with Crippen molar-refractivity contribution in [2.24, 2.45) is 69.5 Å². The number of carboxylic acids is 1. The standard InChI is InChI=1S/C41H68N2O6.C3H7NO2/c1-26(2)9-8-10-27(3)18-22-47-36(44)14-11-28(4)32-12-13-33-39-29(5)23-30-24-31(48-37(45)16-20-42)15-19-40(30,6)34(39)25-35(41(32,33)7)49-38(46)17-21-43;4-2-1-3(5)6/h9,18,28-35,39H,8,10-17,19-25,42-43H2,1-7H3;1-2,4H2,(H,5,6)/b27-18+;/t28-,29-,30-,31?,32-,33+,34+,35+,39+,40+,41-;/m1./s1. The highest BCUT2D eigenvalue weighted by molar-refractivity contribution is 5.70. The van der Waals surface area contributed by atoms with Gasteiger partial charge in [0, 0.05) is 31.5 Å². The van der Waals surface area contributed by atoms with E-state index in [0.29, 0.717) is 61.0 Å². The maximum Gasteiger partial charge on any atom is 0.307 e. The summed E-state index contributed by atoms with van der Waals surface area (Å²) in [7, 11) is 0. The van der Waals surface area contributed by atoms with Gasteiger partial charge in [0.25, 0.3) is 0 Å². The third-order valence-electron chi connectivity index (χ3n) is 14.0. The Bertz CT molecular complexity index is 1350. The third kappa shape index (κ3) is 12.4. The van der Waals surface area contributed by atoms with Crippen molar-refractivity contribution in [2.45, 2.75) is 151 Å². The Morgan fingerprint density at radius 2 is 1.45 bits per heavy atom. The van der Waals surface area contributed by atoms with Crippen molar-refractivity contribution < 1.29 is 38.5 Å². The van der Waals surface area contributed by atoms with Crippen LogP contribution in [0.15, 0.2) is 23.3 Å². The molecule has 11 nitrogen and oxygen atoms in total. The summed E-state index contributed by atoms with van der Waals surface area (Å²) in [6.07, 6.45) is 14.8. The first-order valence-corrected chi connectivity index (χ1v) is 21.2. The number of carbonyl (C=O) groups excluding carboxylic acids is 3. The lowest BCUT2D eigenvalue weighted by Gasteiger charge is -2.64. The number of fused-ring (bicyclic) bond motifs is 5. The van der Waals surface area contributed by atoms with Crippen LogP contribution in [0.4, 0.5) is 0 Å². The molecular weight excluding hydrogens is 698 g/mol. The molecule has 0 aromatic carbocycles. The molecule has 0 aromatic rings. The lowest BCUT2D eigenvalue weighted by atomic mass is 9.41. The molecule has 0 aliphatic heterocycles. The van der Waals surface area contributed by atoms with E-state index < -0.39 is 5.97 Å². The predicted molar refractivity (Wildman–Crippen MR) is 215 cm³/mol. The molecule has 4 rings (SSSR count). The molecule has 4 aliphatic rings. The van der Waals surface area contributed by atoms with Crippen LogP contribution in [-0.4, -0.2) is 67.4 Å². The monoisotopic (exact) mass is 774 g/mol. The number of aliphatic carboxylic acids is 1. The average molecular weight is 774 g/mol. The highest BCUT2D eigenvalue weighted by Gasteiger charge is 2.66. The van der Waals surface area contributed by atoms with Crippen LogP contribution < -0.4 is 17.2 Å². The molecule has 0 radical (unpaired) electrons. The van der Waals surface area contributed by atoms with E-state index in [1.807, 2.05) is 6.08 Å². The van der Waals surface area contributed by atoms with E-state index in [1.165, 1.54) is 11.1 Å². The van der Waals surface area contributed by atoms with Crippen LogP contribution >= 0.6 is 0 Å². The van der Waals surface area contributed by atoms with Crippen LogP contribution in [0.2, 0.25) is 0 Å². The maximum absolute atomic E-state index is 13.1. The van der Waals surface area contributed by atoms with Crippen molar-refractivity contribution in [1.82, 2.24) is 0 Å². The molecule has 0 amide bonds. The highest BCUT2D eigenvalue weighted by Crippen LogP contribution is 2.70. The van der Waals surface area contributed by atoms with Crippen LogP contribution in [0.1, 0.15) is 138 Å². The Hall–Kier alpha value is -2.76. The number of nitrogens with two attached hydrogens (primary N) is 3. The maximum atomic E-state index is 13.1. The van der Waals surface area contributed by atoms with Crippen molar-refractivity contribution >= 4 is 23.9 Å². The van der Waals surface area contributed by atoms with Gasteiger partial charge in [0.15, 0.2) is 0 Å². The fourth-order valence-corrected chi connectivity index (χ4v) is 11.2. The van der Waals surface area contributed by atoms with E-state index in [2.05, 4.69) is 54.5 Å². The van der Waals surface area contributed by atoms with Gasteiger partial charge in [0.1, 0.15) is 18.8 Å². The second-order valence-electron chi connectivity index (χ2n) is 17.9. The van der Waals surface area contributed by atoms with Gasteiger partial charge in [-0.25, -0.2) is 0 Å². The molecule has 0 heterocycles. The van der Waals surface area contributed by atoms with Crippen LogP contribution in [-0.2, 0) is 33.4 Å². The molecule has 0 bridgehead atoms. The smallest absolute Gasteiger partial charge is 0.307 e. The predicted octanol–water partition coefficient (Wildman–Crippen LogP) is 7.09. The van der Waals surface area contributed by atoms with Gasteiger partial charge in [-0.1, -0.05) is 44.9 Å². The van der Waals surface area contributed by atoms with E-state index in [-0.39, 0.29) is 73.3 Å². The zero-order valence-electron chi connectivity index (χ0n) is 35.1. The molecule has 7 N–H and O–H groups in total. The van der Waals surface area contributed by atoms with Crippen molar-refractivity contribution in [3.8, 4) is 0 Å². The molecule has 4 saturated carbocycles. The topological polar surface area (TPSA) is 194 Å². The van der Waals surface area contributed by atoms with E-state index in [4.69, 9.17) is 36.5 Å². The Balaban J connectivity index is 0.00000125. The largest absolute Gasteiger partial charge is 0.481 e. The fraction of sp³-hybridized carbons (Fsp3) is 0.818. The summed E-state index contributed by atoms with van der Waals surface area (Å²) in [6, 6.07) is 0. The average Bonchev–Trinajstić information content (AvgIpc) is 3.46. The summed E-state index contributed by atoms with van der Waals surface area (Å²) in [5.41, 5.74) is 18.8. The molecule has 0 spiro atoms. The van der Waals surface area contributed by atoms with E-state index in [0.717, 1.165) is 64.2 Å². The number of allylic oxidation sites excluding steroid dienone is 3. The SMILES string of the molecule is CC(C)=CCC/C(C)=C/COC(=O)CC[C@@H](C)[C@H]1CC[C@H]2[C@@H]3[C@H](C)C[C@@H]4CC(OC(=O)CCN)CC[C@]4(C)[C@H]3C[C@H](OC(=O)CCN)[C@]12C.NCCC(=O)O. The van der Waals surface area contributed by atoms with Gasteiger partial charge in [0.2, 0.25) is 0 Å². The number of carbonyl (C=O) groups is 4. The minimum atomic E-state index is -0.836. The zero-order valence-corrected chi connectivity index (χ0v) is 35.1. The lowest BCUT2D eigenvalue weighted by Crippen LogP contribution is -2.61. The number of esters is 3. The van der Waals surface area contributed by atoms with Gasteiger partial charge in [-0.2, -0.15) is 0 Å². The van der Waals surface area contributed by atoms with Gasteiger partial charge in [-0.15, -0.1) is 0 Å². The molecule has 0 saturated heterocycles. The molecule has 11 atom stereocenters. The van der Waals surface area contributed by atoms with Crippen molar-refractivity contribution in [2.75, 3.05) is 26.2 Å². The molecule has 11 heteroatoms. The number of hydrogen-bond donors (Lipinski definition) is 4. The summed E-state index contributed by atoms with van der Waals surface area (Å²) in [5.74, 6) is 1.76. The Morgan fingerprint density at radius 3 is 2.05 bits per heavy atom. The molecule has 4 aliphatic carbocycles. The van der Waals surface area contributed by atoms with Crippen molar-refractivity contribution in [3.63, 3.8) is 0 Å².